The number of H-pyrrole nitrogens is 1. The number of aryl methyl sites for hydroxylation is 1. The fourth-order valence-corrected chi connectivity index (χ4v) is 20.4. The summed E-state index contributed by atoms with van der Waals surface area (Å²) in [4.78, 5) is 9.49. The molecule has 402 valence electrons. The predicted octanol–water partition coefficient (Wildman–Crippen LogP) is 11.3. The third-order valence-corrected chi connectivity index (χ3v) is 22.9. The number of aliphatic hydroxyl groups is 2. The highest BCUT2D eigenvalue weighted by molar-refractivity contribution is 6.03. The molecule has 5 aromatic carbocycles. The smallest absolute Gasteiger partial charge is 0.169 e. The number of aromatic amines is 1. The van der Waals surface area contributed by atoms with Crippen LogP contribution in [0.2, 0.25) is 0 Å². The molecule has 7 aliphatic carbocycles. The van der Waals surface area contributed by atoms with Gasteiger partial charge in [0.2, 0.25) is 0 Å². The van der Waals surface area contributed by atoms with Gasteiger partial charge in [0.05, 0.1) is 23.5 Å². The van der Waals surface area contributed by atoms with E-state index in [0.29, 0.717) is 53.2 Å². The van der Waals surface area contributed by atoms with Crippen LogP contribution in [0.15, 0.2) is 122 Å². The van der Waals surface area contributed by atoms with Crippen LogP contribution in [0, 0.1) is 45.3 Å². The molecule has 0 radical (unpaired) electrons. The van der Waals surface area contributed by atoms with Gasteiger partial charge in [-0.15, -0.1) is 0 Å². The van der Waals surface area contributed by atoms with Gasteiger partial charge in [0, 0.05) is 46.6 Å². The molecule has 6 fully saturated rings. The molecule has 2 saturated heterocycles. The summed E-state index contributed by atoms with van der Waals surface area (Å²) in [6.07, 6.45) is 28.7. The average Bonchev–Trinajstić information content (AvgIpc) is 1.69. The zero-order chi connectivity index (χ0) is 52.9. The van der Waals surface area contributed by atoms with Crippen molar-refractivity contribution in [3.8, 4) is 28.7 Å². The maximum atomic E-state index is 13.3. The molecule has 2 aliphatic heterocycles. The van der Waals surface area contributed by atoms with Crippen molar-refractivity contribution in [1.29, 1.82) is 0 Å². The predicted molar refractivity (Wildman–Crippen MR) is 301 cm³/mol. The van der Waals surface area contributed by atoms with Crippen LogP contribution in [0.4, 0.5) is 0 Å². The van der Waals surface area contributed by atoms with Gasteiger partial charge < -0.3 is 46.0 Å². The van der Waals surface area contributed by atoms with Crippen LogP contribution in [0.1, 0.15) is 134 Å². The van der Waals surface area contributed by atoms with Gasteiger partial charge in [0.15, 0.2) is 23.0 Å². The Balaban J connectivity index is 0.848. The number of benzene rings is 5. The number of aromatic hydroxyl groups is 5. The molecule has 11 nitrogen and oxygen atoms in total. The molecule has 0 amide bonds. The van der Waals surface area contributed by atoms with E-state index in [4.69, 9.17) is 4.98 Å². The number of aliphatic hydroxyl groups excluding tert-OH is 2. The summed E-state index contributed by atoms with van der Waals surface area (Å²) >= 11 is 0. The molecule has 0 unspecified atom stereocenters. The topological polar surface area (TPSA) is 194 Å². The summed E-state index contributed by atoms with van der Waals surface area (Å²) in [6, 6.07) is 29.3. The first kappa shape index (κ1) is 48.7. The van der Waals surface area contributed by atoms with Crippen LogP contribution < -0.4 is 10.6 Å². The number of allylic oxidation sites excluding steroid dienone is 3. The molecule has 10 N–H and O–H groups in total. The second-order valence-electron chi connectivity index (χ2n) is 25.8. The second-order valence-corrected chi connectivity index (χ2v) is 25.8. The number of rotatable bonds is 8. The van der Waals surface area contributed by atoms with Crippen LogP contribution in [0.5, 0.6) is 28.7 Å². The molecule has 9 aliphatic rings. The van der Waals surface area contributed by atoms with E-state index >= 15 is 0 Å². The number of hydrogen-bond donors (Lipinski definition) is 10. The molecule has 3 heterocycles. The summed E-state index contributed by atoms with van der Waals surface area (Å²) in [5, 5.41) is 89.0. The Labute approximate surface area is 455 Å². The van der Waals surface area contributed by atoms with Crippen LogP contribution in [0.3, 0.4) is 0 Å². The van der Waals surface area contributed by atoms with E-state index < -0.39 is 17.7 Å². The SMILES string of the molecule is Oc1ccc(/C=C/c2c(CCc3ccc([C@@H]4C[C@@]5(C[C@@H](Cc6ccccc6)N[C@@H](O)C5)[C@H]5C[C@H]6CC[C@@]78C=C[C@@H](C7)c7[nH]cnc7[C@]7([C@@H]5N4)[C@@H]4[C@@H](O)C=C[C@@H]5CCC[C@@]54CC[C@]687)cc3)c(O)c(O)c3c(O)cccc23)cc1O. The first-order valence-electron chi connectivity index (χ1n) is 29.2. The maximum Gasteiger partial charge on any atom is 0.169 e. The first-order chi connectivity index (χ1) is 37.9. The Morgan fingerprint density at radius 2 is 1.56 bits per heavy atom. The van der Waals surface area contributed by atoms with E-state index in [9.17, 15) is 35.7 Å². The Bertz CT molecular complexity index is 3460. The highest BCUT2D eigenvalue weighted by atomic mass is 16.3. The van der Waals surface area contributed by atoms with Gasteiger partial charge in [0.1, 0.15) is 12.0 Å². The number of phenols is 5. The van der Waals surface area contributed by atoms with Crippen LogP contribution in [-0.4, -0.2) is 70.1 Å². The van der Waals surface area contributed by atoms with Crippen LogP contribution in [0.25, 0.3) is 22.9 Å². The maximum absolute atomic E-state index is 13.3. The molecule has 15 atom stereocenters. The number of hydrogen-bond acceptors (Lipinski definition) is 10. The Morgan fingerprint density at radius 1 is 0.705 bits per heavy atom. The number of piperidine rings is 2. The zero-order valence-electron chi connectivity index (χ0n) is 44.2. The minimum absolute atomic E-state index is 0.000846. The van der Waals surface area contributed by atoms with Crippen LogP contribution >= 0.6 is 0 Å². The molecule has 1 aromatic heterocycles. The molecular weight excluding hydrogens is 973 g/mol. The van der Waals surface area contributed by atoms with Crippen molar-refractivity contribution >= 4 is 22.9 Å². The fourth-order valence-electron chi connectivity index (χ4n) is 20.4. The fraction of sp³-hybridized carbons (Fsp3) is 0.448. The van der Waals surface area contributed by atoms with Crippen molar-refractivity contribution in [2.24, 2.45) is 45.3 Å². The zero-order valence-corrected chi connectivity index (χ0v) is 44.2. The number of imidazole rings is 1. The minimum Gasteiger partial charge on any atom is -0.507 e. The van der Waals surface area contributed by atoms with Gasteiger partial charge in [-0.3, -0.25) is 5.32 Å². The number of nitrogens with one attached hydrogen (secondary N) is 3. The van der Waals surface area contributed by atoms with Crippen molar-refractivity contribution < 1.29 is 35.7 Å². The normalized spacial score (nSPS) is 37.7. The summed E-state index contributed by atoms with van der Waals surface area (Å²) < 4.78 is 0. The second kappa shape index (κ2) is 17.6. The quantitative estimate of drug-likeness (QED) is 0.0398. The third kappa shape index (κ3) is 6.68. The van der Waals surface area contributed by atoms with Gasteiger partial charge in [0.25, 0.3) is 0 Å². The van der Waals surface area contributed by atoms with Crippen molar-refractivity contribution in [3.05, 3.63) is 166 Å². The first-order valence-corrected chi connectivity index (χ1v) is 29.2. The summed E-state index contributed by atoms with van der Waals surface area (Å²) in [7, 11) is 0. The lowest BCUT2D eigenvalue weighted by Gasteiger charge is -2.76. The molecule has 15 rings (SSSR count). The average molecular weight is 1050 g/mol. The molecule has 4 spiro atoms. The monoisotopic (exact) mass is 1040 g/mol. The summed E-state index contributed by atoms with van der Waals surface area (Å²) in [6.45, 7) is 0. The van der Waals surface area contributed by atoms with Gasteiger partial charge >= 0.3 is 0 Å². The van der Waals surface area contributed by atoms with Gasteiger partial charge in [-0.05, 0) is 181 Å². The van der Waals surface area contributed by atoms with Gasteiger partial charge in [-0.25, -0.2) is 4.98 Å². The Kier molecular flexibility index (Phi) is 11.0. The minimum atomic E-state index is -0.662. The van der Waals surface area contributed by atoms with Crippen LogP contribution in [-0.2, 0) is 24.7 Å². The highest BCUT2D eigenvalue weighted by Crippen LogP contribution is 2.85. The Hall–Kier alpha value is -6.37. The lowest BCUT2D eigenvalue weighted by Crippen LogP contribution is -2.80. The van der Waals surface area contributed by atoms with Crippen molar-refractivity contribution in [1.82, 2.24) is 20.6 Å². The Morgan fingerprint density at radius 3 is 2.41 bits per heavy atom. The van der Waals surface area contributed by atoms with E-state index in [1.54, 1.807) is 18.2 Å². The summed E-state index contributed by atoms with van der Waals surface area (Å²) in [5.41, 5.74) is 6.93. The molecular formula is C67H72N4O7. The number of fused-ring (bicyclic) bond motifs is 6. The highest BCUT2D eigenvalue weighted by Gasteiger charge is 2.84. The van der Waals surface area contributed by atoms with Crippen molar-refractivity contribution in [2.45, 2.75) is 138 Å². The van der Waals surface area contributed by atoms with Gasteiger partial charge in [-0.1, -0.05) is 116 Å². The van der Waals surface area contributed by atoms with Gasteiger partial charge in [-0.2, -0.15) is 0 Å². The molecule has 2 bridgehead atoms. The summed E-state index contributed by atoms with van der Waals surface area (Å²) in [5.74, 6) is 0.0664. The molecule has 78 heavy (non-hydrogen) atoms. The lowest BCUT2D eigenvalue weighted by atomic mass is 9.29. The van der Waals surface area contributed by atoms with E-state index in [1.807, 2.05) is 18.5 Å². The van der Waals surface area contributed by atoms with E-state index in [-0.39, 0.29) is 91.7 Å². The molecule has 11 heteroatoms. The van der Waals surface area contributed by atoms with E-state index in [1.165, 1.54) is 66.4 Å². The standard InChI is InChI=1S/C67H72N4O7/c72-51-21-15-40(31-54(51)75)14-19-46-47-9-4-10-52(73)56(47)59(78)58(77)48(46)20-13-38-11-16-41(17-12-38)50-35-63(34-45(70-55(76)36-63)30-39-6-2-1-3-7-39)49-32-44-24-27-64-26-23-42(33-64)57-62(69-37-68-57)67(61(49)71-50)60-53(74)22-18-43-8-5-25-65(43,60)28-29-66(44,64)67/h1-4,6-7,9-12,14-19,21-23,26,31,37,42-45,49-50,53,55,60-61,70-78H,5,8,13,20,24-25,27-30,32-36H2,(H,68,69)/b19-14+/t42-,43-,44+,45+,49-,50-,53-,55-,60+,61+,63+,64-,65+,66-,67+/m0/s1. The van der Waals surface area contributed by atoms with Crippen molar-refractivity contribution in [2.75, 3.05) is 0 Å². The lowest BCUT2D eigenvalue weighted by molar-refractivity contribution is -0.242. The number of phenolic OH excluding ortho intramolecular Hbond substituents is 5. The van der Waals surface area contributed by atoms with E-state index in [0.717, 1.165) is 56.9 Å². The molecule has 6 aromatic rings. The largest absolute Gasteiger partial charge is 0.507 e. The molecule has 4 saturated carbocycles. The number of aromatic nitrogens is 2. The number of nitrogens with zero attached hydrogens (tertiary/aromatic N) is 1. The third-order valence-electron chi connectivity index (χ3n) is 22.9. The van der Waals surface area contributed by atoms with Crippen molar-refractivity contribution in [3.63, 3.8) is 0 Å². The van der Waals surface area contributed by atoms with E-state index in [2.05, 4.69) is 94.5 Å².